The van der Waals surface area contributed by atoms with Crippen molar-refractivity contribution in [3.63, 3.8) is 0 Å². The summed E-state index contributed by atoms with van der Waals surface area (Å²) in [5, 5.41) is 5.38. The molecular weight excluding hydrogens is 251 g/mol. The van der Waals surface area contributed by atoms with Crippen molar-refractivity contribution in [2.24, 2.45) is 0 Å². The molecule has 0 unspecified atom stereocenters. The molecule has 0 bridgehead atoms. The third-order valence-corrected chi connectivity index (χ3v) is 3.12. The van der Waals surface area contributed by atoms with Gasteiger partial charge in [-0.25, -0.2) is 0 Å². The second-order valence-corrected chi connectivity index (χ2v) is 4.97. The van der Waals surface area contributed by atoms with E-state index in [0.29, 0.717) is 19.6 Å². The zero-order valence-electron chi connectivity index (χ0n) is 10.1. The van der Waals surface area contributed by atoms with Crippen molar-refractivity contribution in [3.8, 4) is 0 Å². The Morgan fingerprint density at radius 1 is 1.73 bits per heavy atom. The Balaban J connectivity index is 0. The fraction of sp³-hybridized carbons (Fsp3) is 0.875. The third kappa shape index (κ3) is 16.9. The summed E-state index contributed by atoms with van der Waals surface area (Å²) in [6.45, 7) is 3.87. The van der Waals surface area contributed by atoms with Gasteiger partial charge in [-0.2, -0.15) is 0 Å². The minimum atomic E-state index is 0.0788. The van der Waals surface area contributed by atoms with Crippen LogP contribution in [0, 0.1) is 5.15 Å². The highest BCUT2D eigenvalue weighted by molar-refractivity contribution is 8.76. The molecule has 4 nitrogen and oxygen atoms in total. The number of rotatable bonds is 8. The molecule has 7 heteroatoms. The Bertz CT molecular complexity index is 178. The maximum absolute atomic E-state index is 11.1. The van der Waals surface area contributed by atoms with Crippen LogP contribution in [-0.2, 0) is 9.53 Å². The van der Waals surface area contributed by atoms with Crippen LogP contribution in [0.1, 0.15) is 13.3 Å². The highest BCUT2D eigenvalue weighted by atomic mass is 33.1. The summed E-state index contributed by atoms with van der Waals surface area (Å²) in [4.78, 5) is 11.1. The fourth-order valence-electron chi connectivity index (χ4n) is 0.713. The molecule has 0 atom stereocenters. The highest BCUT2D eigenvalue weighted by Crippen LogP contribution is 2.14. The Kier molecular flexibility index (Phi) is 16.9. The number of nitrogens with one attached hydrogen (secondary N) is 2. The van der Waals surface area contributed by atoms with Gasteiger partial charge in [-0.1, -0.05) is 21.6 Å². The van der Waals surface area contributed by atoms with Crippen molar-refractivity contribution in [2.75, 3.05) is 31.8 Å². The van der Waals surface area contributed by atoms with Gasteiger partial charge in [0.25, 0.3) is 0 Å². The van der Waals surface area contributed by atoms with Crippen LogP contribution in [0.4, 0.5) is 0 Å². The van der Waals surface area contributed by atoms with Crippen LogP contribution in [0.5, 0.6) is 0 Å². The van der Waals surface area contributed by atoms with Crippen molar-refractivity contribution in [1.82, 2.24) is 5.32 Å². The topological polar surface area (TPSA) is 62.2 Å². The number of hydrogen-bond acceptors (Lipinski definition) is 5. The van der Waals surface area contributed by atoms with Gasteiger partial charge in [0.2, 0.25) is 5.91 Å². The Hall–Kier alpha value is 0.230. The van der Waals surface area contributed by atoms with E-state index >= 15 is 0 Å². The predicted molar refractivity (Wildman–Crippen MR) is 71.1 cm³/mol. The first kappa shape index (κ1) is 15.2. The van der Waals surface area contributed by atoms with Crippen LogP contribution >= 0.6 is 30.6 Å². The smallest absolute Gasteiger partial charge is 0.222 e. The van der Waals surface area contributed by atoms with Crippen LogP contribution in [0.25, 0.3) is 0 Å². The summed E-state index contributed by atoms with van der Waals surface area (Å²) >= 11 is 0. The number of ether oxygens (including phenoxy) is 1. The van der Waals surface area contributed by atoms with Gasteiger partial charge in [-0.3, -0.25) is 9.95 Å². The van der Waals surface area contributed by atoms with Gasteiger partial charge in [0.15, 0.2) is 1.41 Å². The molecule has 0 spiro atoms. The SMILES string of the molecule is CCOCCC(=O)NCCSSC.[2H]N=P. The molecule has 0 aliphatic carbocycles. The average molecular weight is 271 g/mol. The van der Waals surface area contributed by atoms with Crippen LogP contribution in [0.3, 0.4) is 0 Å². The normalized spacial score (nSPS) is 9.60. The molecule has 0 fully saturated rings. The second kappa shape index (κ2) is 16.7. The summed E-state index contributed by atoms with van der Waals surface area (Å²) < 4.78 is 10.8. The molecule has 0 rings (SSSR count). The van der Waals surface area contributed by atoms with Crippen molar-refractivity contribution in [1.29, 1.82) is 5.15 Å². The number of carbonyl (C=O) groups excluding carboxylic acids is 1. The second-order valence-electron chi connectivity index (χ2n) is 2.29. The molecule has 0 aromatic rings. The maximum Gasteiger partial charge on any atom is 0.222 e. The molecule has 0 aromatic carbocycles. The zero-order chi connectivity index (χ0) is 12.6. The zero-order valence-corrected chi connectivity index (χ0v) is 11.7. The lowest BCUT2D eigenvalue weighted by Gasteiger charge is -2.03. The predicted octanol–water partition coefficient (Wildman–Crippen LogP) is 2.43. The summed E-state index contributed by atoms with van der Waals surface area (Å²) in [6.07, 6.45) is 2.50. The van der Waals surface area contributed by atoms with Crippen LogP contribution in [-0.4, -0.2) is 37.7 Å². The van der Waals surface area contributed by atoms with Crippen molar-refractivity contribution in [2.45, 2.75) is 13.3 Å². The fourth-order valence-corrected chi connectivity index (χ4v) is 1.82. The van der Waals surface area contributed by atoms with Crippen molar-refractivity contribution >= 4 is 36.5 Å². The van der Waals surface area contributed by atoms with Crippen molar-refractivity contribution < 1.29 is 10.9 Å². The van der Waals surface area contributed by atoms with E-state index in [1.54, 1.807) is 21.6 Å². The largest absolute Gasteiger partial charge is 0.381 e. The maximum atomic E-state index is 11.1. The minimum Gasteiger partial charge on any atom is -0.381 e. The molecule has 0 aliphatic heterocycles. The first-order chi connectivity index (χ1) is 7.72. The van der Waals surface area contributed by atoms with Crippen molar-refractivity contribution in [3.05, 3.63) is 0 Å². The summed E-state index contributed by atoms with van der Waals surface area (Å²) in [5.74, 6) is 1.04. The lowest BCUT2D eigenvalue weighted by Crippen LogP contribution is -2.26. The summed E-state index contributed by atoms with van der Waals surface area (Å²) in [6, 6.07) is 0. The molecule has 0 heterocycles. The molecule has 2 N–H and O–H groups in total. The van der Waals surface area contributed by atoms with E-state index in [1.807, 2.05) is 13.2 Å². The van der Waals surface area contributed by atoms with E-state index in [2.05, 4.69) is 19.5 Å². The molecule has 0 saturated heterocycles. The van der Waals surface area contributed by atoms with E-state index in [0.717, 1.165) is 12.3 Å². The van der Waals surface area contributed by atoms with E-state index < -0.39 is 0 Å². The van der Waals surface area contributed by atoms with E-state index in [1.165, 1.54) is 0 Å². The number of hydrogen-bond donors (Lipinski definition) is 2. The molecular formula is C8H19N2O2PS2. The molecule has 0 saturated carbocycles. The number of carbonyl (C=O) groups is 1. The Morgan fingerprint density at radius 3 is 2.93 bits per heavy atom. The monoisotopic (exact) mass is 271 g/mol. The quantitative estimate of drug-likeness (QED) is 0.404. The highest BCUT2D eigenvalue weighted by Gasteiger charge is 1.98. The average Bonchev–Trinajstić information content (AvgIpc) is 2.26. The summed E-state index contributed by atoms with van der Waals surface area (Å²) in [5.41, 5.74) is 0. The van der Waals surface area contributed by atoms with Gasteiger partial charge < -0.3 is 10.1 Å². The van der Waals surface area contributed by atoms with E-state index in [9.17, 15) is 4.79 Å². The van der Waals surface area contributed by atoms with Gasteiger partial charge in [0.05, 0.1) is 6.61 Å². The van der Waals surface area contributed by atoms with Gasteiger partial charge in [-0.15, -0.1) is 0 Å². The first-order valence-electron chi connectivity index (χ1n) is 4.98. The van der Waals surface area contributed by atoms with E-state index in [4.69, 9.17) is 6.15 Å². The van der Waals surface area contributed by atoms with Gasteiger partial charge >= 0.3 is 0 Å². The van der Waals surface area contributed by atoms with Gasteiger partial charge in [0.1, 0.15) is 0 Å². The summed E-state index contributed by atoms with van der Waals surface area (Å²) in [7, 11) is 5.94. The molecule has 0 radical (unpaired) electrons. The molecule has 90 valence electrons. The molecule has 0 aliphatic rings. The van der Waals surface area contributed by atoms with Gasteiger partial charge in [0, 0.05) is 25.3 Å². The molecule has 15 heavy (non-hydrogen) atoms. The van der Waals surface area contributed by atoms with Crippen LogP contribution in [0.15, 0.2) is 0 Å². The Morgan fingerprint density at radius 2 is 2.40 bits per heavy atom. The van der Waals surface area contributed by atoms with E-state index in [-0.39, 0.29) is 5.91 Å². The standard InChI is InChI=1S/C8H17NO2S2.H2NP/c1-3-11-6-4-8(10)9-5-7-13-12-2;1-2/h3-7H2,1-2H3,(H,9,10);1-2H/i/hD. The van der Waals surface area contributed by atoms with Gasteiger partial charge in [-0.05, 0) is 22.2 Å². The first-order valence-corrected chi connectivity index (χ1v) is 7.71. The third-order valence-electron chi connectivity index (χ3n) is 1.30. The lowest BCUT2D eigenvalue weighted by molar-refractivity contribution is -0.122. The minimum absolute atomic E-state index is 0.0788. The number of amides is 1. The lowest BCUT2D eigenvalue weighted by atomic mass is 10.4. The van der Waals surface area contributed by atoms with Crippen LogP contribution < -0.4 is 5.32 Å². The molecule has 1 amide bonds. The Labute approximate surface area is 103 Å². The molecule has 0 aromatic heterocycles. The van der Waals surface area contributed by atoms with Crippen LogP contribution in [0.2, 0.25) is 1.41 Å².